The molecule has 11 nitrogen and oxygen atoms in total. The van der Waals surface area contributed by atoms with E-state index < -0.39 is 41.8 Å². The van der Waals surface area contributed by atoms with Gasteiger partial charge in [0.2, 0.25) is 23.6 Å². The fourth-order valence-corrected chi connectivity index (χ4v) is 5.06. The van der Waals surface area contributed by atoms with Crippen LogP contribution in [0.1, 0.15) is 48.5 Å². The minimum atomic E-state index is -0.995. The van der Waals surface area contributed by atoms with Gasteiger partial charge in [-0.15, -0.1) is 0 Å². The van der Waals surface area contributed by atoms with Gasteiger partial charge < -0.3 is 32.3 Å². The summed E-state index contributed by atoms with van der Waals surface area (Å²) in [6, 6.07) is 13.2. The number of rotatable bonds is 14. The molecule has 5 amide bonds. The summed E-state index contributed by atoms with van der Waals surface area (Å²) in [4.78, 5) is 64.5. The Hall–Kier alpha value is -3.77. The maximum absolute atomic E-state index is 13.4. The topological polar surface area (TPSA) is 172 Å². The molecule has 2 aromatic rings. The second-order valence-corrected chi connectivity index (χ2v) is 11.3. The van der Waals surface area contributed by atoms with Crippen LogP contribution in [0.5, 0.6) is 0 Å². The van der Waals surface area contributed by atoms with Crippen LogP contribution >= 0.6 is 15.9 Å². The Morgan fingerprint density at radius 2 is 1.52 bits per heavy atom. The molecule has 1 aliphatic rings. The molecule has 7 N–H and O–H groups in total. The highest BCUT2D eigenvalue weighted by Crippen LogP contribution is 2.28. The quantitative estimate of drug-likeness (QED) is 0.180. The number of benzene rings is 2. The van der Waals surface area contributed by atoms with Crippen LogP contribution in [-0.2, 0) is 25.6 Å². The van der Waals surface area contributed by atoms with Gasteiger partial charge in [-0.2, -0.15) is 0 Å². The standard InChI is InChI=1S/C30H39BrN6O5/c1-19(27(39)37-26(21-9-5-6-10-21)30(42)34-18-25(38)33-16-15-32)35-29(41)24(17-20-7-3-2-4-8-20)36-28(40)22-11-13-23(31)14-12-22/h2-4,7-8,11-14,19,21,24,26H,5-6,9-10,15-18,32H2,1H3,(H,33,38)(H,34,42)(H,35,41)(H,36,40)(H,37,39)/t19-,24-,26?/m0/s1. The van der Waals surface area contributed by atoms with Gasteiger partial charge >= 0.3 is 0 Å². The average Bonchev–Trinajstić information content (AvgIpc) is 3.52. The molecular weight excluding hydrogens is 604 g/mol. The molecular formula is C30H39BrN6O5. The van der Waals surface area contributed by atoms with Crippen molar-refractivity contribution >= 4 is 45.5 Å². The third kappa shape index (κ3) is 10.3. The predicted octanol–water partition coefficient (Wildman–Crippen LogP) is 1.16. The van der Waals surface area contributed by atoms with E-state index in [0.717, 1.165) is 35.7 Å². The maximum atomic E-state index is 13.4. The van der Waals surface area contributed by atoms with Gasteiger partial charge in [0, 0.05) is 29.5 Å². The molecule has 42 heavy (non-hydrogen) atoms. The molecule has 2 aromatic carbocycles. The fourth-order valence-electron chi connectivity index (χ4n) is 4.80. The summed E-state index contributed by atoms with van der Waals surface area (Å²) in [5.74, 6) is -2.42. The normalized spacial score (nSPS) is 15.1. The first-order chi connectivity index (χ1) is 20.2. The van der Waals surface area contributed by atoms with E-state index in [1.165, 1.54) is 6.92 Å². The maximum Gasteiger partial charge on any atom is 0.251 e. The molecule has 0 spiro atoms. The third-order valence-electron chi connectivity index (χ3n) is 7.10. The molecule has 0 heterocycles. The number of halogens is 1. The summed E-state index contributed by atoms with van der Waals surface area (Å²) in [6.07, 6.45) is 3.61. The highest BCUT2D eigenvalue weighted by molar-refractivity contribution is 9.10. The number of hydrogen-bond acceptors (Lipinski definition) is 6. The molecule has 1 aliphatic carbocycles. The van der Waals surface area contributed by atoms with Crippen molar-refractivity contribution in [1.82, 2.24) is 26.6 Å². The van der Waals surface area contributed by atoms with Crippen molar-refractivity contribution in [2.75, 3.05) is 19.6 Å². The van der Waals surface area contributed by atoms with E-state index in [0.29, 0.717) is 12.1 Å². The summed E-state index contributed by atoms with van der Waals surface area (Å²) < 4.78 is 0.817. The molecule has 0 aromatic heterocycles. The zero-order valence-corrected chi connectivity index (χ0v) is 25.2. The third-order valence-corrected chi connectivity index (χ3v) is 7.63. The Labute approximate surface area is 254 Å². The van der Waals surface area contributed by atoms with Crippen molar-refractivity contribution in [1.29, 1.82) is 0 Å². The van der Waals surface area contributed by atoms with Gasteiger partial charge in [0.25, 0.3) is 5.91 Å². The first kappa shape index (κ1) is 32.7. The highest BCUT2D eigenvalue weighted by atomic mass is 79.9. The number of carbonyl (C=O) groups excluding carboxylic acids is 5. The molecule has 12 heteroatoms. The first-order valence-electron chi connectivity index (χ1n) is 14.1. The number of nitrogens with one attached hydrogen (secondary N) is 5. The number of hydrogen-bond donors (Lipinski definition) is 6. The minimum Gasteiger partial charge on any atom is -0.353 e. The van der Waals surface area contributed by atoms with Crippen molar-refractivity contribution in [2.45, 2.75) is 57.2 Å². The second kappa shape index (κ2) is 16.6. The second-order valence-electron chi connectivity index (χ2n) is 10.3. The van der Waals surface area contributed by atoms with Crippen molar-refractivity contribution in [3.63, 3.8) is 0 Å². The van der Waals surface area contributed by atoms with Crippen molar-refractivity contribution in [3.05, 3.63) is 70.2 Å². The van der Waals surface area contributed by atoms with Gasteiger partial charge in [-0.05, 0) is 55.5 Å². The average molecular weight is 644 g/mol. The zero-order chi connectivity index (χ0) is 30.5. The lowest BCUT2D eigenvalue weighted by Gasteiger charge is -2.26. The van der Waals surface area contributed by atoms with Crippen molar-refractivity contribution in [3.8, 4) is 0 Å². The zero-order valence-electron chi connectivity index (χ0n) is 23.7. The van der Waals surface area contributed by atoms with Gasteiger partial charge in [-0.1, -0.05) is 59.1 Å². The lowest BCUT2D eigenvalue weighted by atomic mass is 9.96. The van der Waals surface area contributed by atoms with Crippen LogP contribution in [0.2, 0.25) is 0 Å². The van der Waals surface area contributed by atoms with E-state index in [1.54, 1.807) is 24.3 Å². The van der Waals surface area contributed by atoms with Crippen LogP contribution in [0.3, 0.4) is 0 Å². The fraction of sp³-hybridized carbons (Fsp3) is 0.433. The van der Waals surface area contributed by atoms with Gasteiger partial charge in [0.15, 0.2) is 0 Å². The SMILES string of the molecule is C[C@H](NC(=O)[C@H](Cc1ccccc1)NC(=O)c1ccc(Br)cc1)C(=O)NC(C(=O)NCC(=O)NCCN)C1CCCC1. The highest BCUT2D eigenvalue weighted by Gasteiger charge is 2.34. The van der Waals surface area contributed by atoms with Crippen molar-refractivity contribution in [2.24, 2.45) is 11.7 Å². The summed E-state index contributed by atoms with van der Waals surface area (Å²) in [5.41, 5.74) is 6.61. The molecule has 1 saturated carbocycles. The van der Waals surface area contributed by atoms with Crippen LogP contribution < -0.4 is 32.3 Å². The summed E-state index contributed by atoms with van der Waals surface area (Å²) >= 11 is 3.34. The molecule has 226 valence electrons. The lowest BCUT2D eigenvalue weighted by molar-refractivity contribution is -0.133. The van der Waals surface area contributed by atoms with Crippen molar-refractivity contribution < 1.29 is 24.0 Å². The number of amides is 5. The Bertz CT molecular complexity index is 1220. The Balaban J connectivity index is 1.66. The Kier molecular flexibility index (Phi) is 13.0. The predicted molar refractivity (Wildman–Crippen MR) is 162 cm³/mol. The van der Waals surface area contributed by atoms with Crippen LogP contribution in [0.4, 0.5) is 0 Å². The summed E-state index contributed by atoms with van der Waals surface area (Å²) in [6.45, 7) is 1.87. The molecule has 1 fully saturated rings. The van der Waals surface area contributed by atoms with E-state index in [-0.39, 0.29) is 31.3 Å². The Morgan fingerprint density at radius 1 is 0.857 bits per heavy atom. The molecule has 3 atom stereocenters. The van der Waals surface area contributed by atoms with Crippen LogP contribution in [0.15, 0.2) is 59.1 Å². The van der Waals surface area contributed by atoms with E-state index in [1.807, 2.05) is 30.3 Å². The smallest absolute Gasteiger partial charge is 0.251 e. The van der Waals surface area contributed by atoms with E-state index in [9.17, 15) is 24.0 Å². The summed E-state index contributed by atoms with van der Waals surface area (Å²) in [5, 5.41) is 13.4. The van der Waals surface area contributed by atoms with E-state index in [2.05, 4.69) is 42.5 Å². The van der Waals surface area contributed by atoms with E-state index in [4.69, 9.17) is 5.73 Å². The van der Waals surface area contributed by atoms with Gasteiger partial charge in [0.05, 0.1) is 6.54 Å². The lowest BCUT2D eigenvalue weighted by Crippen LogP contribution is -2.58. The van der Waals surface area contributed by atoms with Crippen LogP contribution in [0.25, 0.3) is 0 Å². The number of carbonyl (C=O) groups is 5. The van der Waals surface area contributed by atoms with Crippen LogP contribution in [0, 0.1) is 5.92 Å². The molecule has 0 bridgehead atoms. The summed E-state index contributed by atoms with van der Waals surface area (Å²) in [7, 11) is 0. The van der Waals surface area contributed by atoms with Gasteiger partial charge in [-0.3, -0.25) is 24.0 Å². The molecule has 0 aliphatic heterocycles. The molecule has 1 unspecified atom stereocenters. The Morgan fingerprint density at radius 3 is 2.17 bits per heavy atom. The molecule has 0 radical (unpaired) electrons. The molecule has 3 rings (SSSR count). The van der Waals surface area contributed by atoms with Gasteiger partial charge in [0.1, 0.15) is 18.1 Å². The van der Waals surface area contributed by atoms with Crippen LogP contribution in [-0.4, -0.2) is 67.3 Å². The first-order valence-corrected chi connectivity index (χ1v) is 14.9. The largest absolute Gasteiger partial charge is 0.353 e. The molecule has 0 saturated heterocycles. The van der Waals surface area contributed by atoms with E-state index >= 15 is 0 Å². The minimum absolute atomic E-state index is 0.0834. The monoisotopic (exact) mass is 642 g/mol. The van der Waals surface area contributed by atoms with Gasteiger partial charge in [-0.25, -0.2) is 0 Å². The number of nitrogens with two attached hydrogens (primary N) is 1.